The van der Waals surface area contributed by atoms with Gasteiger partial charge in [0.25, 0.3) is 0 Å². The number of primary amides is 1. The summed E-state index contributed by atoms with van der Waals surface area (Å²) in [6, 6.07) is -4.81. The molecule has 0 radical (unpaired) electrons. The number of carbonyl (C=O) groups excluding carboxylic acids is 4. The predicted molar refractivity (Wildman–Crippen MR) is 92.9 cm³/mol. The summed E-state index contributed by atoms with van der Waals surface area (Å²) in [6.07, 6.45) is -1.86. The number of aliphatic carboxylic acids is 1. The van der Waals surface area contributed by atoms with Crippen LogP contribution >= 0.6 is 0 Å². The molecule has 0 spiro atoms. The summed E-state index contributed by atoms with van der Waals surface area (Å²) in [5, 5.41) is 25.2. The van der Waals surface area contributed by atoms with Crippen molar-refractivity contribution >= 4 is 29.6 Å². The Labute approximate surface area is 156 Å². The number of carbonyl (C=O) groups is 5. The van der Waals surface area contributed by atoms with E-state index < -0.39 is 59.9 Å². The number of hydrogen-bond acceptors (Lipinski definition) is 7. The number of hydrogen-bond donors (Lipinski definition) is 7. The molecule has 0 rings (SSSR count). The molecule has 0 fully saturated rings. The van der Waals surface area contributed by atoms with E-state index in [0.29, 0.717) is 0 Å². The molecule has 0 saturated carbocycles. The van der Waals surface area contributed by atoms with Crippen LogP contribution in [0.25, 0.3) is 0 Å². The van der Waals surface area contributed by atoms with Crippen LogP contribution < -0.4 is 27.4 Å². The molecule has 12 heteroatoms. The summed E-state index contributed by atoms with van der Waals surface area (Å²) in [5.74, 6) is -4.47. The molecule has 4 amide bonds. The molecule has 0 aliphatic carbocycles. The molecular weight excluding hydrogens is 362 g/mol. The average molecular weight is 389 g/mol. The van der Waals surface area contributed by atoms with E-state index in [-0.39, 0.29) is 12.8 Å². The molecule has 0 bridgehead atoms. The number of rotatable bonds is 11. The van der Waals surface area contributed by atoms with Crippen molar-refractivity contribution in [3.05, 3.63) is 0 Å². The maximum Gasteiger partial charge on any atom is 0.328 e. The average Bonchev–Trinajstić information content (AvgIpc) is 2.54. The molecule has 0 heterocycles. The van der Waals surface area contributed by atoms with E-state index in [4.69, 9.17) is 16.6 Å². The van der Waals surface area contributed by atoms with Crippen LogP contribution in [0.2, 0.25) is 0 Å². The summed E-state index contributed by atoms with van der Waals surface area (Å²) >= 11 is 0. The van der Waals surface area contributed by atoms with Crippen molar-refractivity contribution < 1.29 is 34.2 Å². The first-order valence-electron chi connectivity index (χ1n) is 8.22. The minimum absolute atomic E-state index is 0.201. The van der Waals surface area contributed by atoms with Crippen LogP contribution in [0.4, 0.5) is 0 Å². The number of carboxylic acid groups (broad SMARTS) is 1. The smallest absolute Gasteiger partial charge is 0.328 e. The van der Waals surface area contributed by atoms with Gasteiger partial charge < -0.3 is 37.6 Å². The van der Waals surface area contributed by atoms with Gasteiger partial charge in [-0.2, -0.15) is 0 Å². The monoisotopic (exact) mass is 389 g/mol. The largest absolute Gasteiger partial charge is 0.480 e. The van der Waals surface area contributed by atoms with E-state index in [1.165, 1.54) is 20.8 Å². The van der Waals surface area contributed by atoms with Crippen molar-refractivity contribution in [1.82, 2.24) is 16.0 Å². The van der Waals surface area contributed by atoms with Gasteiger partial charge in [0, 0.05) is 6.42 Å². The number of aliphatic hydroxyl groups excluding tert-OH is 1. The lowest BCUT2D eigenvalue weighted by Gasteiger charge is -2.24. The van der Waals surface area contributed by atoms with Crippen molar-refractivity contribution in [3.63, 3.8) is 0 Å². The highest BCUT2D eigenvalue weighted by Gasteiger charge is 2.30. The molecule has 0 saturated heterocycles. The first-order valence-corrected chi connectivity index (χ1v) is 8.22. The third-order valence-corrected chi connectivity index (χ3v) is 3.52. The second-order valence-corrected chi connectivity index (χ2v) is 6.15. The van der Waals surface area contributed by atoms with Crippen LogP contribution in [0.15, 0.2) is 0 Å². The van der Waals surface area contributed by atoms with Crippen molar-refractivity contribution in [2.75, 3.05) is 0 Å². The van der Waals surface area contributed by atoms with Crippen LogP contribution in [-0.4, -0.2) is 70.1 Å². The molecule has 0 aromatic rings. The van der Waals surface area contributed by atoms with Crippen molar-refractivity contribution in [1.29, 1.82) is 0 Å². The Hall–Kier alpha value is -2.73. The van der Waals surface area contributed by atoms with E-state index >= 15 is 0 Å². The molecule has 5 atom stereocenters. The molecule has 0 aromatic carbocycles. The number of aliphatic hydroxyl groups is 1. The first kappa shape index (κ1) is 24.3. The molecular formula is C15H27N5O7. The van der Waals surface area contributed by atoms with Crippen LogP contribution in [0.5, 0.6) is 0 Å². The van der Waals surface area contributed by atoms with Gasteiger partial charge in [-0.05, 0) is 27.2 Å². The fraction of sp³-hybridized carbons (Fsp3) is 0.667. The second-order valence-electron chi connectivity index (χ2n) is 6.15. The van der Waals surface area contributed by atoms with Gasteiger partial charge in [0.05, 0.1) is 12.1 Å². The zero-order chi connectivity index (χ0) is 21.3. The summed E-state index contributed by atoms with van der Waals surface area (Å²) < 4.78 is 0. The Bertz CT molecular complexity index is 579. The van der Waals surface area contributed by atoms with Crippen molar-refractivity contribution in [2.24, 2.45) is 11.5 Å². The van der Waals surface area contributed by atoms with Crippen LogP contribution in [0, 0.1) is 0 Å². The highest BCUT2D eigenvalue weighted by molar-refractivity contribution is 5.94. The lowest BCUT2D eigenvalue weighted by atomic mass is 10.1. The van der Waals surface area contributed by atoms with Gasteiger partial charge in [-0.15, -0.1) is 0 Å². The highest BCUT2D eigenvalue weighted by Crippen LogP contribution is 2.02. The standard InChI is InChI=1S/C15H27N5O7/c1-6(16)12(23)18-7(2)13(24)19-9(4-5-10(17)22)14(25)20-11(8(3)21)15(26)27/h6-9,11,21H,4-5,16H2,1-3H3,(H2,17,22)(H,18,23)(H,19,24)(H,20,25)(H,26,27). The number of nitrogens with one attached hydrogen (secondary N) is 3. The zero-order valence-electron chi connectivity index (χ0n) is 15.4. The van der Waals surface area contributed by atoms with Gasteiger partial charge in [0.15, 0.2) is 6.04 Å². The maximum atomic E-state index is 12.3. The quantitative estimate of drug-likeness (QED) is 0.188. The molecule has 0 aromatic heterocycles. The summed E-state index contributed by atoms with van der Waals surface area (Å²) in [4.78, 5) is 58.1. The van der Waals surface area contributed by atoms with Gasteiger partial charge in [-0.25, -0.2) is 4.79 Å². The third kappa shape index (κ3) is 8.96. The Morgan fingerprint density at radius 1 is 0.926 bits per heavy atom. The van der Waals surface area contributed by atoms with E-state index in [2.05, 4.69) is 16.0 Å². The van der Waals surface area contributed by atoms with Gasteiger partial charge >= 0.3 is 5.97 Å². The Kier molecular flexibility index (Phi) is 9.96. The Morgan fingerprint density at radius 2 is 1.48 bits per heavy atom. The molecule has 0 aliphatic rings. The normalized spacial score (nSPS) is 16.2. The second kappa shape index (κ2) is 11.1. The van der Waals surface area contributed by atoms with E-state index in [1.807, 2.05) is 0 Å². The topological polar surface area (TPSA) is 214 Å². The van der Waals surface area contributed by atoms with Gasteiger partial charge in [0.1, 0.15) is 12.1 Å². The van der Waals surface area contributed by atoms with Gasteiger partial charge in [-0.3, -0.25) is 19.2 Å². The fourth-order valence-corrected chi connectivity index (χ4v) is 1.91. The number of nitrogens with two attached hydrogens (primary N) is 2. The molecule has 154 valence electrons. The van der Waals surface area contributed by atoms with Crippen LogP contribution in [0.1, 0.15) is 33.6 Å². The maximum absolute atomic E-state index is 12.3. The number of carboxylic acids is 1. The van der Waals surface area contributed by atoms with E-state index in [9.17, 15) is 29.1 Å². The lowest BCUT2D eigenvalue weighted by molar-refractivity contribution is -0.145. The Morgan fingerprint density at radius 3 is 1.89 bits per heavy atom. The zero-order valence-corrected chi connectivity index (χ0v) is 15.4. The first-order chi connectivity index (χ1) is 12.4. The molecule has 9 N–H and O–H groups in total. The Balaban J connectivity index is 5.14. The molecule has 12 nitrogen and oxygen atoms in total. The van der Waals surface area contributed by atoms with Crippen LogP contribution in [-0.2, 0) is 24.0 Å². The minimum Gasteiger partial charge on any atom is -0.480 e. The van der Waals surface area contributed by atoms with E-state index in [1.54, 1.807) is 0 Å². The molecule has 27 heavy (non-hydrogen) atoms. The summed E-state index contributed by atoms with van der Waals surface area (Å²) in [5.41, 5.74) is 10.4. The highest BCUT2D eigenvalue weighted by atomic mass is 16.4. The van der Waals surface area contributed by atoms with E-state index in [0.717, 1.165) is 0 Å². The fourth-order valence-electron chi connectivity index (χ4n) is 1.91. The molecule has 5 unspecified atom stereocenters. The SMILES string of the molecule is CC(N)C(=O)NC(C)C(=O)NC(CCC(N)=O)C(=O)NC(C(=O)O)C(C)O. The lowest BCUT2D eigenvalue weighted by Crippen LogP contribution is -2.57. The summed E-state index contributed by atoms with van der Waals surface area (Å²) in [6.45, 7) is 3.95. The minimum atomic E-state index is -1.61. The number of amides is 4. The third-order valence-electron chi connectivity index (χ3n) is 3.52. The van der Waals surface area contributed by atoms with Crippen molar-refractivity contribution in [3.8, 4) is 0 Å². The van der Waals surface area contributed by atoms with Gasteiger partial charge in [-0.1, -0.05) is 0 Å². The van der Waals surface area contributed by atoms with Crippen LogP contribution in [0.3, 0.4) is 0 Å². The summed E-state index contributed by atoms with van der Waals surface area (Å²) in [7, 11) is 0. The predicted octanol–water partition coefficient (Wildman–Crippen LogP) is -3.46. The van der Waals surface area contributed by atoms with Gasteiger partial charge in [0.2, 0.25) is 23.6 Å². The van der Waals surface area contributed by atoms with Crippen molar-refractivity contribution in [2.45, 2.75) is 63.9 Å². The molecule has 0 aliphatic heterocycles.